The molecule has 1 aromatic carbocycles. The maximum atomic E-state index is 6.30. The van der Waals surface area contributed by atoms with Gasteiger partial charge in [0.1, 0.15) is 5.15 Å². The van der Waals surface area contributed by atoms with E-state index in [1.807, 2.05) is 25.1 Å². The van der Waals surface area contributed by atoms with Gasteiger partial charge in [0.25, 0.3) is 0 Å². The quantitative estimate of drug-likeness (QED) is 0.579. The molecule has 2 heterocycles. The van der Waals surface area contributed by atoms with Crippen LogP contribution in [0.4, 0.5) is 0 Å². The number of benzene rings is 1. The number of thiophene rings is 1. The van der Waals surface area contributed by atoms with Crippen molar-refractivity contribution in [2.24, 2.45) is 0 Å². The lowest BCUT2D eigenvalue weighted by atomic mass is 10.1. The number of fused-ring (bicyclic) bond motifs is 1. The number of aryl methyl sites for hydroxylation is 2. The van der Waals surface area contributed by atoms with Crippen LogP contribution in [0.5, 0.6) is 0 Å². The van der Waals surface area contributed by atoms with Crippen LogP contribution in [0.2, 0.25) is 10.2 Å². The average molecular weight is 323 g/mol. The number of rotatable bonds is 2. The van der Waals surface area contributed by atoms with E-state index in [1.165, 1.54) is 4.88 Å². The van der Waals surface area contributed by atoms with Crippen LogP contribution in [0, 0.1) is 6.92 Å². The lowest BCUT2D eigenvalue weighted by molar-refractivity contribution is 1.19. The van der Waals surface area contributed by atoms with Crippen molar-refractivity contribution < 1.29 is 0 Å². The summed E-state index contributed by atoms with van der Waals surface area (Å²) in [6, 6.07) is 7.92. The predicted octanol–water partition coefficient (Wildman–Crippen LogP) is 5.54. The first-order chi connectivity index (χ1) is 9.60. The fourth-order valence-corrected chi connectivity index (χ4v) is 3.53. The summed E-state index contributed by atoms with van der Waals surface area (Å²) in [5.41, 5.74) is 1.86. The standard InChI is InChI=1S/C15H12Cl2N2S/c1-3-9-5-7-11(20-9)15-18-13-8(2)4-6-10(16)12(13)14(17)19-15/h4-7H,3H2,1-2H3. The van der Waals surface area contributed by atoms with Gasteiger partial charge in [-0.3, -0.25) is 0 Å². The molecule has 0 saturated heterocycles. The predicted molar refractivity (Wildman–Crippen MR) is 87.0 cm³/mol. The summed E-state index contributed by atoms with van der Waals surface area (Å²) in [4.78, 5) is 11.4. The molecule has 2 nitrogen and oxygen atoms in total. The summed E-state index contributed by atoms with van der Waals surface area (Å²) >= 11 is 14.2. The molecule has 2 aromatic heterocycles. The summed E-state index contributed by atoms with van der Waals surface area (Å²) in [6.45, 7) is 4.13. The molecule has 0 amide bonds. The number of hydrogen-bond donors (Lipinski definition) is 0. The van der Waals surface area contributed by atoms with Crippen LogP contribution in [-0.4, -0.2) is 9.97 Å². The Kier molecular flexibility index (Phi) is 3.67. The highest BCUT2D eigenvalue weighted by Gasteiger charge is 2.13. The molecule has 0 radical (unpaired) electrons. The Balaban J connectivity index is 2.26. The molecule has 0 bridgehead atoms. The summed E-state index contributed by atoms with van der Waals surface area (Å²) in [5.74, 6) is 0.664. The van der Waals surface area contributed by atoms with Crippen LogP contribution in [0.15, 0.2) is 24.3 Å². The van der Waals surface area contributed by atoms with Gasteiger partial charge in [0.05, 0.1) is 20.8 Å². The molecule has 0 spiro atoms. The van der Waals surface area contributed by atoms with Gasteiger partial charge in [-0.15, -0.1) is 11.3 Å². The Bertz CT molecular complexity index is 796. The maximum Gasteiger partial charge on any atom is 0.171 e. The summed E-state index contributed by atoms with van der Waals surface area (Å²) in [6.07, 6.45) is 1.01. The second kappa shape index (κ2) is 5.32. The molecule has 0 saturated carbocycles. The molecule has 0 aliphatic carbocycles. The Morgan fingerprint density at radius 2 is 1.90 bits per heavy atom. The van der Waals surface area contributed by atoms with Gasteiger partial charge < -0.3 is 0 Å². The normalized spacial score (nSPS) is 11.2. The van der Waals surface area contributed by atoms with Crippen LogP contribution < -0.4 is 0 Å². The number of nitrogens with zero attached hydrogens (tertiary/aromatic N) is 2. The summed E-state index contributed by atoms with van der Waals surface area (Å²) in [7, 11) is 0. The van der Waals surface area contributed by atoms with Gasteiger partial charge in [-0.05, 0) is 37.1 Å². The van der Waals surface area contributed by atoms with Gasteiger partial charge in [0.2, 0.25) is 0 Å². The third kappa shape index (κ3) is 2.30. The van der Waals surface area contributed by atoms with E-state index in [-0.39, 0.29) is 0 Å². The Labute approximate surface area is 131 Å². The van der Waals surface area contributed by atoms with Gasteiger partial charge in [-0.25, -0.2) is 9.97 Å². The van der Waals surface area contributed by atoms with Crippen molar-refractivity contribution in [3.8, 4) is 10.7 Å². The van der Waals surface area contributed by atoms with E-state index < -0.39 is 0 Å². The molecule has 0 atom stereocenters. The molecule has 0 aliphatic heterocycles. The van der Waals surface area contributed by atoms with Crippen molar-refractivity contribution in [1.82, 2.24) is 9.97 Å². The first kappa shape index (κ1) is 13.8. The molecule has 0 N–H and O–H groups in total. The second-order valence-corrected chi connectivity index (χ2v) is 6.48. The fourth-order valence-electron chi connectivity index (χ4n) is 2.09. The Morgan fingerprint density at radius 3 is 2.60 bits per heavy atom. The van der Waals surface area contributed by atoms with E-state index in [0.717, 1.165) is 27.8 Å². The molecule has 102 valence electrons. The van der Waals surface area contributed by atoms with Crippen LogP contribution in [0.3, 0.4) is 0 Å². The van der Waals surface area contributed by atoms with Gasteiger partial charge in [0, 0.05) is 4.88 Å². The van der Waals surface area contributed by atoms with E-state index in [1.54, 1.807) is 11.3 Å². The molecule has 0 fully saturated rings. The van der Waals surface area contributed by atoms with Crippen LogP contribution >= 0.6 is 34.5 Å². The van der Waals surface area contributed by atoms with E-state index in [2.05, 4.69) is 23.0 Å². The number of halogens is 2. The van der Waals surface area contributed by atoms with Crippen molar-refractivity contribution in [3.63, 3.8) is 0 Å². The molecular formula is C15H12Cl2N2S. The van der Waals surface area contributed by atoms with Gasteiger partial charge >= 0.3 is 0 Å². The summed E-state index contributed by atoms with van der Waals surface area (Å²) in [5, 5.41) is 1.72. The third-order valence-electron chi connectivity index (χ3n) is 3.19. The molecule has 20 heavy (non-hydrogen) atoms. The van der Waals surface area contributed by atoms with Crippen molar-refractivity contribution in [2.45, 2.75) is 20.3 Å². The summed E-state index contributed by atoms with van der Waals surface area (Å²) < 4.78 is 0. The van der Waals surface area contributed by atoms with E-state index in [0.29, 0.717) is 16.0 Å². The van der Waals surface area contributed by atoms with Gasteiger partial charge in [-0.1, -0.05) is 36.2 Å². The largest absolute Gasteiger partial charge is 0.227 e. The minimum absolute atomic E-state index is 0.408. The number of aromatic nitrogens is 2. The van der Waals surface area contributed by atoms with E-state index in [4.69, 9.17) is 23.2 Å². The van der Waals surface area contributed by atoms with Crippen molar-refractivity contribution in [2.75, 3.05) is 0 Å². The highest BCUT2D eigenvalue weighted by atomic mass is 35.5. The molecule has 5 heteroatoms. The highest BCUT2D eigenvalue weighted by Crippen LogP contribution is 2.34. The SMILES string of the molecule is CCc1ccc(-c2nc(Cl)c3c(Cl)ccc(C)c3n2)s1. The first-order valence-corrected chi connectivity index (χ1v) is 7.89. The van der Waals surface area contributed by atoms with Crippen molar-refractivity contribution in [3.05, 3.63) is 44.9 Å². The zero-order chi connectivity index (χ0) is 14.3. The third-order valence-corrected chi connectivity index (χ3v) is 5.00. The molecule has 3 aromatic rings. The molecule has 0 unspecified atom stereocenters. The second-order valence-electron chi connectivity index (χ2n) is 4.55. The molecule has 3 rings (SSSR count). The maximum absolute atomic E-state index is 6.30. The van der Waals surface area contributed by atoms with Gasteiger partial charge in [-0.2, -0.15) is 0 Å². The molecular weight excluding hydrogens is 311 g/mol. The smallest absolute Gasteiger partial charge is 0.171 e. The van der Waals surface area contributed by atoms with Crippen molar-refractivity contribution in [1.29, 1.82) is 0 Å². The van der Waals surface area contributed by atoms with E-state index >= 15 is 0 Å². The Morgan fingerprint density at radius 1 is 1.10 bits per heavy atom. The minimum Gasteiger partial charge on any atom is -0.227 e. The monoisotopic (exact) mass is 322 g/mol. The zero-order valence-electron chi connectivity index (χ0n) is 11.1. The average Bonchev–Trinajstić information content (AvgIpc) is 2.91. The van der Waals surface area contributed by atoms with Crippen LogP contribution in [-0.2, 0) is 6.42 Å². The first-order valence-electron chi connectivity index (χ1n) is 6.31. The number of hydrogen-bond acceptors (Lipinski definition) is 3. The van der Waals surface area contributed by atoms with Gasteiger partial charge in [0.15, 0.2) is 5.82 Å². The fraction of sp³-hybridized carbons (Fsp3) is 0.200. The van der Waals surface area contributed by atoms with Crippen molar-refractivity contribution >= 4 is 45.4 Å². The highest BCUT2D eigenvalue weighted by molar-refractivity contribution is 7.15. The minimum atomic E-state index is 0.408. The van der Waals surface area contributed by atoms with Crippen LogP contribution in [0.1, 0.15) is 17.4 Å². The topological polar surface area (TPSA) is 25.8 Å². The lowest BCUT2D eigenvalue weighted by Crippen LogP contribution is -1.93. The van der Waals surface area contributed by atoms with E-state index in [9.17, 15) is 0 Å². The lowest BCUT2D eigenvalue weighted by Gasteiger charge is -2.07. The Hall–Kier alpha value is -1.16. The zero-order valence-corrected chi connectivity index (χ0v) is 13.4. The molecule has 0 aliphatic rings. The van der Waals surface area contributed by atoms with Crippen LogP contribution in [0.25, 0.3) is 21.6 Å².